The SMILES string of the molecule is O=C(COC(=O)[C@H](Cc1ccccc1)N1C(=O)[C@@H]2[C@@H](C1=O)[C@H]1C=C[C@H]2C1)Nc1ccc(F)cc1. The van der Waals surface area contributed by atoms with Gasteiger partial charge in [0.05, 0.1) is 11.8 Å². The van der Waals surface area contributed by atoms with Gasteiger partial charge < -0.3 is 10.1 Å². The summed E-state index contributed by atoms with van der Waals surface area (Å²) in [5.74, 6) is -3.40. The Bertz CT molecular complexity index is 1130. The lowest BCUT2D eigenvalue weighted by Crippen LogP contribution is -2.48. The second-order valence-corrected chi connectivity index (χ2v) is 8.91. The predicted molar refractivity (Wildman–Crippen MR) is 119 cm³/mol. The number of hydrogen-bond acceptors (Lipinski definition) is 5. The summed E-state index contributed by atoms with van der Waals surface area (Å²) in [7, 11) is 0. The van der Waals surface area contributed by atoms with E-state index < -0.39 is 42.2 Å². The molecule has 1 heterocycles. The highest BCUT2D eigenvalue weighted by Gasteiger charge is 2.61. The summed E-state index contributed by atoms with van der Waals surface area (Å²) >= 11 is 0. The molecule has 7 nitrogen and oxygen atoms in total. The molecular weight excluding hydrogens is 439 g/mol. The van der Waals surface area contributed by atoms with Crippen LogP contribution in [0.15, 0.2) is 66.7 Å². The summed E-state index contributed by atoms with van der Waals surface area (Å²) in [6, 6.07) is 13.0. The Morgan fingerprint density at radius 2 is 1.59 bits per heavy atom. The first-order chi connectivity index (χ1) is 16.4. The molecule has 0 spiro atoms. The number of benzene rings is 2. The summed E-state index contributed by atoms with van der Waals surface area (Å²) in [5.41, 5.74) is 1.11. The molecule has 2 aromatic carbocycles. The number of esters is 1. The van der Waals surface area contributed by atoms with Crippen molar-refractivity contribution in [3.63, 3.8) is 0 Å². The number of nitrogens with one attached hydrogen (secondary N) is 1. The minimum absolute atomic E-state index is 0.0198. The number of amides is 3. The van der Waals surface area contributed by atoms with Gasteiger partial charge in [-0.05, 0) is 48.1 Å². The molecule has 1 saturated carbocycles. The van der Waals surface area contributed by atoms with Crippen molar-refractivity contribution in [2.24, 2.45) is 23.7 Å². The Labute approximate surface area is 195 Å². The van der Waals surface area contributed by atoms with E-state index in [2.05, 4.69) is 5.32 Å². The number of nitrogens with zero attached hydrogens (tertiary/aromatic N) is 1. The minimum Gasteiger partial charge on any atom is -0.454 e. The van der Waals surface area contributed by atoms with Crippen molar-refractivity contribution >= 4 is 29.4 Å². The maximum absolute atomic E-state index is 13.3. The highest BCUT2D eigenvalue weighted by molar-refractivity contribution is 6.09. The van der Waals surface area contributed by atoms with Gasteiger partial charge in [-0.25, -0.2) is 9.18 Å². The van der Waals surface area contributed by atoms with Crippen molar-refractivity contribution in [1.82, 2.24) is 4.90 Å². The maximum Gasteiger partial charge on any atom is 0.330 e. The first kappa shape index (κ1) is 22.0. The normalized spacial score (nSPS) is 25.4. The lowest BCUT2D eigenvalue weighted by atomic mass is 9.85. The summed E-state index contributed by atoms with van der Waals surface area (Å²) in [6.07, 6.45) is 4.87. The number of rotatable bonds is 7. The van der Waals surface area contributed by atoms with E-state index in [1.165, 1.54) is 24.3 Å². The van der Waals surface area contributed by atoms with Gasteiger partial charge in [-0.15, -0.1) is 0 Å². The Balaban J connectivity index is 1.31. The van der Waals surface area contributed by atoms with Crippen molar-refractivity contribution in [1.29, 1.82) is 0 Å². The smallest absolute Gasteiger partial charge is 0.330 e. The number of hydrogen-bond donors (Lipinski definition) is 1. The Morgan fingerprint density at radius 1 is 0.971 bits per heavy atom. The minimum atomic E-state index is -1.16. The number of likely N-dealkylation sites (tertiary alicyclic amines) is 1. The molecule has 2 aromatic rings. The molecule has 5 rings (SSSR count). The number of anilines is 1. The van der Waals surface area contributed by atoms with Gasteiger partial charge in [0.1, 0.15) is 11.9 Å². The van der Waals surface area contributed by atoms with Crippen LogP contribution in [0.1, 0.15) is 12.0 Å². The summed E-state index contributed by atoms with van der Waals surface area (Å²) in [5, 5.41) is 2.51. The second-order valence-electron chi connectivity index (χ2n) is 8.91. The Morgan fingerprint density at radius 3 is 2.21 bits per heavy atom. The van der Waals surface area contributed by atoms with Gasteiger partial charge in [-0.2, -0.15) is 0 Å². The van der Waals surface area contributed by atoms with Crippen molar-refractivity contribution in [3.8, 4) is 0 Å². The first-order valence-electron chi connectivity index (χ1n) is 11.2. The van der Waals surface area contributed by atoms with Crippen molar-refractivity contribution in [2.45, 2.75) is 18.9 Å². The molecule has 2 bridgehead atoms. The zero-order chi connectivity index (χ0) is 23.8. The van der Waals surface area contributed by atoms with E-state index in [1.54, 1.807) is 24.3 Å². The van der Waals surface area contributed by atoms with Gasteiger partial charge >= 0.3 is 5.97 Å². The number of fused-ring (bicyclic) bond motifs is 5. The first-order valence-corrected chi connectivity index (χ1v) is 11.2. The van der Waals surface area contributed by atoms with E-state index in [0.717, 1.165) is 16.9 Å². The van der Waals surface area contributed by atoms with E-state index in [4.69, 9.17) is 4.74 Å². The average Bonchev–Trinajstić information content (AvgIpc) is 3.52. The largest absolute Gasteiger partial charge is 0.454 e. The highest BCUT2D eigenvalue weighted by atomic mass is 19.1. The van der Waals surface area contributed by atoms with Crippen LogP contribution in [0, 0.1) is 29.5 Å². The van der Waals surface area contributed by atoms with Crippen LogP contribution in [0.5, 0.6) is 0 Å². The maximum atomic E-state index is 13.3. The molecule has 174 valence electrons. The lowest BCUT2D eigenvalue weighted by Gasteiger charge is -2.26. The fourth-order valence-corrected chi connectivity index (χ4v) is 5.31. The monoisotopic (exact) mass is 462 g/mol. The average molecular weight is 462 g/mol. The molecule has 0 aromatic heterocycles. The Kier molecular flexibility index (Phi) is 5.73. The number of allylic oxidation sites excluding steroid dienone is 2. The van der Waals surface area contributed by atoms with Crippen LogP contribution in [0.2, 0.25) is 0 Å². The molecule has 1 N–H and O–H groups in total. The predicted octanol–water partition coefficient (Wildman–Crippen LogP) is 2.73. The van der Waals surface area contributed by atoms with Gasteiger partial charge in [0.2, 0.25) is 11.8 Å². The summed E-state index contributed by atoms with van der Waals surface area (Å²) < 4.78 is 18.3. The topological polar surface area (TPSA) is 92.8 Å². The summed E-state index contributed by atoms with van der Waals surface area (Å²) in [4.78, 5) is 53.0. The zero-order valence-corrected chi connectivity index (χ0v) is 18.2. The number of halogens is 1. The number of carbonyl (C=O) groups excluding carboxylic acids is 4. The molecule has 5 atom stereocenters. The van der Waals surface area contributed by atoms with E-state index in [-0.39, 0.29) is 30.1 Å². The van der Waals surface area contributed by atoms with Gasteiger partial charge in [-0.3, -0.25) is 19.3 Å². The number of carbonyl (C=O) groups is 4. The molecule has 1 saturated heterocycles. The quantitative estimate of drug-likeness (QED) is 0.388. The molecule has 8 heteroatoms. The van der Waals surface area contributed by atoms with E-state index in [9.17, 15) is 23.6 Å². The molecular formula is C26H23FN2O5. The standard InChI is InChI=1S/C26H23FN2O5/c27-18-8-10-19(11-9-18)28-21(30)14-34-26(33)20(12-15-4-2-1-3-5-15)29-24(31)22-16-6-7-17(13-16)23(22)25(29)32/h1-11,16-17,20,22-23H,12-14H2,(H,28,30)/t16-,17-,20-,22-,23-/m0/s1. The summed E-state index contributed by atoms with van der Waals surface area (Å²) in [6.45, 7) is -0.600. The fraction of sp³-hybridized carbons (Fsp3) is 0.308. The van der Waals surface area contributed by atoms with Crippen LogP contribution < -0.4 is 5.32 Å². The van der Waals surface area contributed by atoms with E-state index in [0.29, 0.717) is 5.69 Å². The number of ether oxygens (including phenoxy) is 1. The molecule has 3 amide bonds. The van der Waals surface area contributed by atoms with Crippen molar-refractivity contribution in [3.05, 3.63) is 78.1 Å². The highest BCUT2D eigenvalue weighted by Crippen LogP contribution is 2.53. The van der Waals surface area contributed by atoms with Gasteiger partial charge in [0.25, 0.3) is 5.91 Å². The molecule has 1 aliphatic heterocycles. The van der Waals surface area contributed by atoms with Crippen molar-refractivity contribution in [2.75, 3.05) is 11.9 Å². The zero-order valence-electron chi connectivity index (χ0n) is 18.2. The van der Waals surface area contributed by atoms with E-state index >= 15 is 0 Å². The van der Waals surface area contributed by atoms with Crippen LogP contribution in [0.25, 0.3) is 0 Å². The molecule has 34 heavy (non-hydrogen) atoms. The molecule has 2 aliphatic carbocycles. The van der Waals surface area contributed by atoms with Gasteiger partial charge in [0.15, 0.2) is 6.61 Å². The Hall–Kier alpha value is -3.81. The molecule has 0 unspecified atom stereocenters. The number of imide groups is 1. The van der Waals surface area contributed by atoms with Crippen molar-refractivity contribution < 1.29 is 28.3 Å². The third-order valence-electron chi connectivity index (χ3n) is 6.83. The lowest BCUT2D eigenvalue weighted by molar-refractivity contribution is -0.160. The van der Waals surface area contributed by atoms with Gasteiger partial charge in [0, 0.05) is 12.1 Å². The van der Waals surface area contributed by atoms with Crippen LogP contribution in [-0.4, -0.2) is 41.2 Å². The van der Waals surface area contributed by atoms with Crippen LogP contribution in [0.4, 0.5) is 10.1 Å². The molecule has 0 radical (unpaired) electrons. The van der Waals surface area contributed by atoms with Gasteiger partial charge in [-0.1, -0.05) is 42.5 Å². The second kappa shape index (κ2) is 8.85. The van der Waals surface area contributed by atoms with Crippen LogP contribution >= 0.6 is 0 Å². The van der Waals surface area contributed by atoms with Crippen LogP contribution in [0.3, 0.4) is 0 Å². The third kappa shape index (κ3) is 4.00. The van der Waals surface area contributed by atoms with Crippen LogP contribution in [-0.2, 0) is 30.3 Å². The molecule has 3 aliphatic rings. The molecule has 2 fully saturated rings. The third-order valence-corrected chi connectivity index (χ3v) is 6.83. The van der Waals surface area contributed by atoms with E-state index in [1.807, 2.05) is 18.2 Å². The fourth-order valence-electron chi connectivity index (χ4n) is 5.31.